The number of H-pyrrole nitrogens is 1. The minimum atomic E-state index is -0.586. The molecule has 1 atom stereocenters. The zero-order valence-corrected chi connectivity index (χ0v) is 22.5. The number of aromatic nitrogens is 5. The Kier molecular flexibility index (Phi) is 7.85. The summed E-state index contributed by atoms with van der Waals surface area (Å²) in [6.45, 7) is 5.82. The van der Waals surface area contributed by atoms with Crippen LogP contribution in [0.25, 0.3) is 10.9 Å². The van der Waals surface area contributed by atoms with Crippen LogP contribution >= 0.6 is 0 Å². The summed E-state index contributed by atoms with van der Waals surface area (Å²) in [6, 6.07) is 17.1. The zero-order valence-electron chi connectivity index (χ0n) is 22.5. The van der Waals surface area contributed by atoms with Crippen molar-refractivity contribution in [1.29, 1.82) is 0 Å². The third-order valence-electron chi connectivity index (χ3n) is 6.93. The second kappa shape index (κ2) is 11.6. The predicted octanol–water partition coefficient (Wildman–Crippen LogP) is 4.17. The highest BCUT2D eigenvalue weighted by Crippen LogP contribution is 2.31. The highest BCUT2D eigenvalue weighted by molar-refractivity contribution is 5.85. The molecule has 5 aromatic rings. The number of hydrogen-bond acceptors (Lipinski definition) is 8. The van der Waals surface area contributed by atoms with Gasteiger partial charge in [-0.2, -0.15) is 0 Å². The van der Waals surface area contributed by atoms with Gasteiger partial charge >= 0.3 is 0 Å². The number of fused-ring (bicyclic) bond motifs is 1. The molecule has 0 saturated heterocycles. The minimum Gasteiger partial charge on any atom is -0.497 e. The molecule has 10 heteroatoms. The van der Waals surface area contributed by atoms with E-state index in [2.05, 4.69) is 31.5 Å². The van der Waals surface area contributed by atoms with Crippen molar-refractivity contribution >= 4 is 10.9 Å². The van der Waals surface area contributed by atoms with Gasteiger partial charge in [0, 0.05) is 24.6 Å². The number of pyridine rings is 1. The van der Waals surface area contributed by atoms with Gasteiger partial charge in [-0.3, -0.25) is 9.69 Å². The summed E-state index contributed by atoms with van der Waals surface area (Å²) in [5.41, 5.74) is 4.29. The molecule has 5 rings (SSSR count). The van der Waals surface area contributed by atoms with E-state index in [1.807, 2.05) is 62.4 Å². The molecule has 3 heterocycles. The Morgan fingerprint density at radius 1 is 1.05 bits per heavy atom. The summed E-state index contributed by atoms with van der Waals surface area (Å²) >= 11 is 0. The molecule has 0 fully saturated rings. The molecular weight excluding hydrogens is 496 g/mol. The number of rotatable bonds is 11. The van der Waals surface area contributed by atoms with Crippen LogP contribution < -0.4 is 10.3 Å². The van der Waals surface area contributed by atoms with Crippen LogP contribution in [0.15, 0.2) is 70.1 Å². The summed E-state index contributed by atoms with van der Waals surface area (Å²) in [4.78, 5) is 19.1. The lowest BCUT2D eigenvalue weighted by Crippen LogP contribution is -2.35. The van der Waals surface area contributed by atoms with E-state index in [0.29, 0.717) is 37.6 Å². The van der Waals surface area contributed by atoms with Crippen LogP contribution in [0.2, 0.25) is 0 Å². The number of furan rings is 1. The molecule has 0 bridgehead atoms. The van der Waals surface area contributed by atoms with Gasteiger partial charge < -0.3 is 18.9 Å². The van der Waals surface area contributed by atoms with Gasteiger partial charge in [-0.15, -0.1) is 5.10 Å². The molecule has 0 amide bonds. The first-order valence-electron chi connectivity index (χ1n) is 12.8. The van der Waals surface area contributed by atoms with Gasteiger partial charge in [0.05, 0.1) is 38.6 Å². The molecule has 0 unspecified atom stereocenters. The molecule has 0 aliphatic heterocycles. The SMILES string of the molecule is COCCn1nnnc1[C@@H](c1cc2c(C)ccc(C)c2[nH]c1=O)N(Cc1ccc(OC)cc1)Cc1ccco1. The lowest BCUT2D eigenvalue weighted by atomic mass is 9.99. The number of nitrogens with one attached hydrogen (secondary N) is 1. The van der Waals surface area contributed by atoms with Crippen molar-refractivity contribution in [2.75, 3.05) is 20.8 Å². The van der Waals surface area contributed by atoms with E-state index >= 15 is 0 Å². The van der Waals surface area contributed by atoms with E-state index in [4.69, 9.17) is 13.9 Å². The molecule has 202 valence electrons. The normalized spacial score (nSPS) is 12.3. The second-order valence-electron chi connectivity index (χ2n) is 9.53. The van der Waals surface area contributed by atoms with E-state index in [1.54, 1.807) is 25.2 Å². The van der Waals surface area contributed by atoms with E-state index in [-0.39, 0.29) is 5.56 Å². The maximum absolute atomic E-state index is 13.8. The molecule has 2 aromatic carbocycles. The summed E-state index contributed by atoms with van der Waals surface area (Å²) in [6.07, 6.45) is 1.65. The maximum atomic E-state index is 13.8. The average molecular weight is 529 g/mol. The van der Waals surface area contributed by atoms with Gasteiger partial charge in [0.2, 0.25) is 0 Å². The monoisotopic (exact) mass is 528 g/mol. The van der Waals surface area contributed by atoms with Gasteiger partial charge in [-0.25, -0.2) is 4.68 Å². The van der Waals surface area contributed by atoms with Gasteiger partial charge in [0.25, 0.3) is 5.56 Å². The molecule has 1 N–H and O–H groups in total. The van der Waals surface area contributed by atoms with Crippen LogP contribution in [0.5, 0.6) is 5.75 Å². The predicted molar refractivity (Wildman–Crippen MR) is 147 cm³/mol. The van der Waals surface area contributed by atoms with E-state index in [0.717, 1.165) is 39.1 Å². The fourth-order valence-electron chi connectivity index (χ4n) is 4.84. The van der Waals surface area contributed by atoms with Gasteiger partial charge in [-0.1, -0.05) is 24.3 Å². The molecule has 0 aliphatic rings. The summed E-state index contributed by atoms with van der Waals surface area (Å²) < 4.78 is 18.1. The van der Waals surface area contributed by atoms with Crippen LogP contribution in [0.3, 0.4) is 0 Å². The molecule has 10 nitrogen and oxygen atoms in total. The Balaban J connectivity index is 1.69. The van der Waals surface area contributed by atoms with Crippen molar-refractivity contribution in [2.45, 2.75) is 39.5 Å². The fourth-order valence-corrected chi connectivity index (χ4v) is 4.84. The van der Waals surface area contributed by atoms with Crippen molar-refractivity contribution in [1.82, 2.24) is 30.1 Å². The summed E-state index contributed by atoms with van der Waals surface area (Å²) in [5, 5.41) is 13.6. The number of benzene rings is 2. The van der Waals surface area contributed by atoms with Gasteiger partial charge in [0.1, 0.15) is 17.6 Å². The lowest BCUT2D eigenvalue weighted by molar-refractivity contribution is 0.163. The Hall–Kier alpha value is -4.28. The zero-order chi connectivity index (χ0) is 27.4. The smallest absolute Gasteiger partial charge is 0.253 e. The quantitative estimate of drug-likeness (QED) is 0.272. The third kappa shape index (κ3) is 5.62. The van der Waals surface area contributed by atoms with Crippen molar-refractivity contribution < 1.29 is 13.9 Å². The first-order valence-corrected chi connectivity index (χ1v) is 12.8. The first-order chi connectivity index (χ1) is 19.0. The van der Waals surface area contributed by atoms with E-state index < -0.39 is 6.04 Å². The van der Waals surface area contributed by atoms with Crippen molar-refractivity contribution in [3.8, 4) is 5.75 Å². The average Bonchev–Trinajstić information content (AvgIpc) is 3.63. The highest BCUT2D eigenvalue weighted by atomic mass is 16.5. The number of nitrogens with zero attached hydrogens (tertiary/aromatic N) is 5. The topological polar surface area (TPSA) is 111 Å². The molecule has 0 spiro atoms. The summed E-state index contributed by atoms with van der Waals surface area (Å²) in [5.74, 6) is 2.07. The number of hydrogen-bond donors (Lipinski definition) is 1. The molecule has 0 radical (unpaired) electrons. The van der Waals surface area contributed by atoms with Gasteiger partial charge in [-0.05, 0) is 71.3 Å². The second-order valence-corrected chi connectivity index (χ2v) is 9.53. The van der Waals surface area contributed by atoms with E-state index in [9.17, 15) is 4.79 Å². The Morgan fingerprint density at radius 2 is 1.85 bits per heavy atom. The van der Waals surface area contributed by atoms with Crippen molar-refractivity contribution in [3.63, 3.8) is 0 Å². The van der Waals surface area contributed by atoms with E-state index in [1.165, 1.54) is 0 Å². The first kappa shape index (κ1) is 26.3. The Bertz CT molecular complexity index is 1590. The largest absolute Gasteiger partial charge is 0.497 e. The number of aromatic amines is 1. The molecule has 0 aliphatic carbocycles. The van der Waals surface area contributed by atoms with Crippen molar-refractivity contribution in [3.05, 3.63) is 105 Å². The number of tetrazole rings is 1. The van der Waals surface area contributed by atoms with Crippen LogP contribution in [0, 0.1) is 13.8 Å². The summed E-state index contributed by atoms with van der Waals surface area (Å²) in [7, 11) is 3.28. The molecule has 0 saturated carbocycles. The molecule has 3 aromatic heterocycles. The Morgan fingerprint density at radius 3 is 2.56 bits per heavy atom. The minimum absolute atomic E-state index is 0.193. The lowest BCUT2D eigenvalue weighted by Gasteiger charge is -2.30. The fraction of sp³-hybridized carbons (Fsp3) is 0.310. The van der Waals surface area contributed by atoms with Crippen LogP contribution in [-0.4, -0.2) is 50.9 Å². The van der Waals surface area contributed by atoms with Crippen LogP contribution in [0.1, 0.15) is 39.9 Å². The molecule has 39 heavy (non-hydrogen) atoms. The van der Waals surface area contributed by atoms with Crippen LogP contribution in [0.4, 0.5) is 0 Å². The van der Waals surface area contributed by atoms with Crippen LogP contribution in [-0.2, 0) is 24.4 Å². The van der Waals surface area contributed by atoms with Crippen molar-refractivity contribution in [2.24, 2.45) is 0 Å². The standard InChI is InChI=1S/C29H32N6O4/c1-19-7-8-20(2)26-24(19)16-25(29(36)30-26)27(28-31-32-33-35(28)13-15-37-3)34(18-23-6-5-14-39-23)17-21-9-11-22(38-4)12-10-21/h5-12,14,16,27H,13,15,17-18H2,1-4H3,(H,30,36)/t27-/m1/s1. The number of methoxy groups -OCH3 is 2. The third-order valence-corrected chi connectivity index (χ3v) is 6.93. The highest BCUT2D eigenvalue weighted by Gasteiger charge is 2.31. The maximum Gasteiger partial charge on any atom is 0.253 e. The molecular formula is C29H32N6O4. The Labute approximate surface area is 226 Å². The van der Waals surface area contributed by atoms with Gasteiger partial charge in [0.15, 0.2) is 5.82 Å². The number of ether oxygens (including phenoxy) is 2. The number of aryl methyl sites for hydroxylation is 2.